The van der Waals surface area contributed by atoms with Gasteiger partial charge in [0.25, 0.3) is 0 Å². The van der Waals surface area contributed by atoms with Crippen molar-refractivity contribution in [2.75, 3.05) is 0 Å². The average Bonchev–Trinajstić information content (AvgIpc) is 3.00. The van der Waals surface area contributed by atoms with Gasteiger partial charge in [0.05, 0.1) is 0 Å². The van der Waals surface area contributed by atoms with Gasteiger partial charge in [-0.05, 0) is 0 Å². The second-order valence-corrected chi connectivity index (χ2v) is 21.1. The molecule has 0 saturated heterocycles. The Balaban J connectivity index is 1.99. The van der Waals surface area contributed by atoms with Gasteiger partial charge in [-0.1, -0.05) is 0 Å². The van der Waals surface area contributed by atoms with Gasteiger partial charge in [0, 0.05) is 0 Å². The number of hydrogen-bond acceptors (Lipinski definition) is 0. The standard InChI is InChI=1S/C27H35.2CH3.Hf/c1-26(2,3)19-12-14-21-22-15-13-20(27(4,5)6)17-24(22)25(23(21)16-19)18-10-8-7-9-11-18;;;/h12-16,18,25H,7-11H2,1-6H3;2*1H3;. The number of rotatable bonds is 2. The molecule has 1 atom stereocenters. The molecule has 0 aliphatic heterocycles. The fourth-order valence-corrected chi connectivity index (χ4v) is 12.5. The zero-order valence-corrected chi connectivity index (χ0v) is 24.2. The molecule has 4 rings (SSSR count). The average molecular weight is 568 g/mol. The fraction of sp³-hybridized carbons (Fsp3) is 0.586. The Morgan fingerprint density at radius 2 is 1.40 bits per heavy atom. The second-order valence-electron chi connectivity index (χ2n) is 12.1. The molecule has 0 heterocycles. The van der Waals surface area contributed by atoms with E-state index in [1.165, 1.54) is 37.7 Å². The molecule has 0 aromatic heterocycles. The van der Waals surface area contributed by atoms with Gasteiger partial charge in [0.2, 0.25) is 0 Å². The van der Waals surface area contributed by atoms with Gasteiger partial charge in [-0.15, -0.1) is 0 Å². The molecule has 1 heteroatoms. The molecule has 0 nitrogen and oxygen atoms in total. The predicted octanol–water partition coefficient (Wildman–Crippen LogP) is 8.31. The first-order valence-electron chi connectivity index (χ1n) is 12.1. The summed E-state index contributed by atoms with van der Waals surface area (Å²) in [6.45, 7) is 14.3. The topological polar surface area (TPSA) is 0 Å². The van der Waals surface area contributed by atoms with E-state index in [0.717, 1.165) is 5.92 Å². The van der Waals surface area contributed by atoms with Crippen LogP contribution in [0.15, 0.2) is 30.3 Å². The van der Waals surface area contributed by atoms with Crippen molar-refractivity contribution in [2.45, 2.75) is 99.8 Å². The quantitative estimate of drug-likeness (QED) is 0.320. The van der Waals surface area contributed by atoms with E-state index in [1.807, 2.05) is 3.32 Å². The fourth-order valence-electron chi connectivity index (χ4n) is 5.99. The van der Waals surface area contributed by atoms with E-state index in [2.05, 4.69) is 81.2 Å². The van der Waals surface area contributed by atoms with Crippen LogP contribution in [-0.4, -0.2) is 0 Å². The summed E-state index contributed by atoms with van der Waals surface area (Å²) < 4.78 is 7.10. The molecule has 0 amide bonds. The third-order valence-electron chi connectivity index (χ3n) is 7.53. The van der Waals surface area contributed by atoms with Gasteiger partial charge in [0.1, 0.15) is 0 Å². The third-order valence-corrected chi connectivity index (χ3v) is 13.1. The Hall–Kier alpha value is -0.690. The molecule has 30 heavy (non-hydrogen) atoms. The minimum atomic E-state index is -1.80. The molecule has 1 fully saturated rings. The number of hydrogen-bond donors (Lipinski definition) is 0. The first-order chi connectivity index (χ1) is 14.0. The summed E-state index contributed by atoms with van der Waals surface area (Å²) in [6, 6.07) is 12.5. The molecule has 2 aliphatic rings. The summed E-state index contributed by atoms with van der Waals surface area (Å²) in [6.07, 6.45) is 7.10. The molecule has 2 aliphatic carbocycles. The third kappa shape index (κ3) is 3.94. The number of fused-ring (bicyclic) bond motifs is 3. The van der Waals surface area contributed by atoms with E-state index in [9.17, 15) is 0 Å². The summed E-state index contributed by atoms with van der Waals surface area (Å²) in [7, 11) is 0. The summed E-state index contributed by atoms with van der Waals surface area (Å²) in [4.78, 5) is 0. The van der Waals surface area contributed by atoms with Crippen LogP contribution in [0.4, 0.5) is 0 Å². The van der Waals surface area contributed by atoms with Crippen LogP contribution in [0.3, 0.4) is 0 Å². The van der Waals surface area contributed by atoms with Crippen LogP contribution in [0.2, 0.25) is 9.36 Å². The van der Waals surface area contributed by atoms with Crippen LogP contribution >= 0.6 is 0 Å². The molecule has 0 radical (unpaired) electrons. The summed E-state index contributed by atoms with van der Waals surface area (Å²) in [5.74, 6) is 1.46. The van der Waals surface area contributed by atoms with Crippen LogP contribution < -0.4 is 3.32 Å². The molecular formula is C29H41Hf. The Morgan fingerprint density at radius 3 is 1.97 bits per heavy atom. The van der Waals surface area contributed by atoms with Crippen LogP contribution in [0, 0.1) is 5.92 Å². The first-order valence-corrected chi connectivity index (χ1v) is 21.1. The molecule has 1 saturated carbocycles. The molecule has 2 aromatic carbocycles. The van der Waals surface area contributed by atoms with Crippen molar-refractivity contribution in [1.29, 1.82) is 0 Å². The summed E-state index contributed by atoms with van der Waals surface area (Å²) in [5, 5.41) is 0. The maximum absolute atomic E-state index is 2.62. The van der Waals surface area contributed by atoms with Crippen molar-refractivity contribution >= 4 is 3.32 Å². The van der Waals surface area contributed by atoms with Gasteiger partial charge in [-0.3, -0.25) is 0 Å². The molecule has 0 spiro atoms. The van der Waals surface area contributed by atoms with Gasteiger partial charge in [-0.25, -0.2) is 0 Å². The molecule has 0 bridgehead atoms. The Labute approximate surface area is 193 Å². The normalized spacial score (nSPS) is 19.5. The van der Waals surface area contributed by atoms with E-state index in [4.69, 9.17) is 0 Å². The van der Waals surface area contributed by atoms with E-state index < -0.39 is 21.4 Å². The summed E-state index contributed by atoms with van der Waals surface area (Å²) >= 11 is -1.80. The first kappa shape index (κ1) is 22.5. The molecular weight excluding hydrogens is 527 g/mol. The molecule has 161 valence electrons. The Morgan fingerprint density at radius 1 is 0.767 bits per heavy atom. The zero-order valence-electron chi connectivity index (χ0n) is 20.6. The summed E-state index contributed by atoms with van der Waals surface area (Å²) in [5.41, 5.74) is 10.1. The Bertz CT molecular complexity index is 930. The molecule has 0 N–H and O–H groups in total. The van der Waals surface area contributed by atoms with E-state index >= 15 is 0 Å². The van der Waals surface area contributed by atoms with Gasteiger partial charge >= 0.3 is 194 Å². The van der Waals surface area contributed by atoms with Gasteiger partial charge in [0.15, 0.2) is 0 Å². The van der Waals surface area contributed by atoms with Crippen LogP contribution in [-0.2, 0) is 32.3 Å². The Kier molecular flexibility index (Phi) is 6.02. The van der Waals surface area contributed by atoms with Crippen LogP contribution in [0.1, 0.15) is 102 Å². The zero-order chi connectivity index (χ0) is 21.8. The van der Waals surface area contributed by atoms with Crippen molar-refractivity contribution in [2.24, 2.45) is 5.92 Å². The molecule has 1 unspecified atom stereocenters. The van der Waals surface area contributed by atoms with Crippen LogP contribution in [0.5, 0.6) is 0 Å². The van der Waals surface area contributed by atoms with Crippen molar-refractivity contribution in [3.63, 3.8) is 0 Å². The van der Waals surface area contributed by atoms with Gasteiger partial charge < -0.3 is 0 Å². The monoisotopic (exact) mass is 569 g/mol. The van der Waals surface area contributed by atoms with Crippen molar-refractivity contribution in [3.8, 4) is 11.1 Å². The SMILES string of the molecule is [CH3][Hf]([CH3])[c]1c(C(C)(C)C)ccc2c1C(C1CCCCC1)c1cc(C(C)(C)C)ccc1-2. The number of benzene rings is 2. The van der Waals surface area contributed by atoms with E-state index in [0.29, 0.717) is 5.92 Å². The van der Waals surface area contributed by atoms with E-state index in [-0.39, 0.29) is 10.8 Å². The second kappa shape index (κ2) is 8.02. The van der Waals surface area contributed by atoms with Crippen molar-refractivity contribution in [1.82, 2.24) is 0 Å². The van der Waals surface area contributed by atoms with E-state index in [1.54, 1.807) is 27.8 Å². The van der Waals surface area contributed by atoms with Gasteiger partial charge in [-0.2, -0.15) is 0 Å². The minimum absolute atomic E-state index is 0.206. The molecule has 2 aromatic rings. The predicted molar refractivity (Wildman–Crippen MR) is 129 cm³/mol. The maximum atomic E-state index is 2.62. The van der Waals surface area contributed by atoms with Crippen molar-refractivity contribution in [3.05, 3.63) is 52.6 Å². The van der Waals surface area contributed by atoms with Crippen molar-refractivity contribution < 1.29 is 21.4 Å². The van der Waals surface area contributed by atoms with Crippen LogP contribution in [0.25, 0.3) is 11.1 Å².